The fourth-order valence-corrected chi connectivity index (χ4v) is 1.42. The molecule has 1 unspecified atom stereocenters. The number of alkyl halides is 1. The van der Waals surface area contributed by atoms with Gasteiger partial charge in [0.2, 0.25) is 0 Å². The molecule has 0 spiro atoms. The first-order chi connectivity index (χ1) is 9.15. The molecule has 0 radical (unpaired) electrons. The van der Waals surface area contributed by atoms with Crippen LogP contribution in [0.3, 0.4) is 0 Å². The Bertz CT molecular complexity index is 383. The minimum absolute atomic E-state index is 0.325. The van der Waals surface area contributed by atoms with E-state index in [0.717, 1.165) is 5.75 Å². The molecule has 1 N–H and O–H groups in total. The van der Waals surface area contributed by atoms with Crippen LogP contribution in [0.25, 0.3) is 0 Å². The average Bonchev–Trinajstić information content (AvgIpc) is 2.38. The summed E-state index contributed by atoms with van der Waals surface area (Å²) in [6.07, 6.45) is -0.981. The van der Waals surface area contributed by atoms with Crippen LogP contribution in [0.5, 0.6) is 11.5 Å². The van der Waals surface area contributed by atoms with E-state index in [1.807, 2.05) is 0 Å². The van der Waals surface area contributed by atoms with Crippen LogP contribution >= 0.6 is 11.6 Å². The molecule has 0 bridgehead atoms. The summed E-state index contributed by atoms with van der Waals surface area (Å²) < 4.78 is 15.6. The number of hydrogen-bond donors (Lipinski definition) is 1. The van der Waals surface area contributed by atoms with Gasteiger partial charge in [0.15, 0.2) is 6.23 Å². The van der Waals surface area contributed by atoms with Crippen LogP contribution in [-0.4, -0.2) is 31.4 Å². The predicted octanol–water partition coefficient (Wildman–Crippen LogP) is 2.78. The van der Waals surface area contributed by atoms with E-state index in [-0.39, 0.29) is 0 Å². The normalized spacial score (nSPS) is 11.5. The number of rotatable bonds is 7. The maximum atomic E-state index is 11.2. The molecule has 5 nitrogen and oxygen atoms in total. The van der Waals surface area contributed by atoms with Gasteiger partial charge >= 0.3 is 6.09 Å². The first kappa shape index (κ1) is 15.4. The zero-order valence-electron chi connectivity index (χ0n) is 11.0. The van der Waals surface area contributed by atoms with Crippen molar-refractivity contribution < 1.29 is 19.0 Å². The zero-order valence-corrected chi connectivity index (χ0v) is 11.8. The molecular weight excluding hydrogens is 270 g/mol. The minimum Gasteiger partial charge on any atom is -0.492 e. The molecule has 1 aromatic carbocycles. The molecule has 0 saturated carbocycles. The highest BCUT2D eigenvalue weighted by Crippen LogP contribution is 2.18. The van der Waals surface area contributed by atoms with Crippen LogP contribution in [0.2, 0.25) is 0 Å². The molecule has 0 aliphatic rings. The Morgan fingerprint density at radius 3 is 2.53 bits per heavy atom. The van der Waals surface area contributed by atoms with E-state index in [4.69, 9.17) is 25.8 Å². The second-order valence-corrected chi connectivity index (χ2v) is 4.01. The lowest BCUT2D eigenvalue weighted by atomic mass is 10.3. The first-order valence-corrected chi connectivity index (χ1v) is 6.58. The average molecular weight is 288 g/mol. The molecule has 0 fully saturated rings. The minimum atomic E-state index is -0.503. The second kappa shape index (κ2) is 8.48. The van der Waals surface area contributed by atoms with Crippen molar-refractivity contribution in [1.82, 2.24) is 5.32 Å². The Hall–Kier alpha value is -1.62. The summed E-state index contributed by atoms with van der Waals surface area (Å²) in [5.41, 5.74) is 0. The van der Waals surface area contributed by atoms with Crippen molar-refractivity contribution >= 4 is 17.7 Å². The van der Waals surface area contributed by atoms with E-state index in [2.05, 4.69) is 5.32 Å². The second-order valence-electron chi connectivity index (χ2n) is 3.63. The number of benzene rings is 1. The number of carbonyl (C=O) groups is 1. The van der Waals surface area contributed by atoms with E-state index in [0.29, 0.717) is 24.8 Å². The topological polar surface area (TPSA) is 56.8 Å². The highest BCUT2D eigenvalue weighted by atomic mass is 35.5. The maximum Gasteiger partial charge on any atom is 0.409 e. The molecule has 0 aromatic heterocycles. The number of nitrogens with one attached hydrogen (secondary N) is 1. The largest absolute Gasteiger partial charge is 0.492 e. The van der Waals surface area contributed by atoms with Crippen molar-refractivity contribution in [3.63, 3.8) is 0 Å². The number of carbonyl (C=O) groups excluding carboxylic acids is 1. The molecule has 0 aliphatic heterocycles. The van der Waals surface area contributed by atoms with E-state index < -0.39 is 12.3 Å². The van der Waals surface area contributed by atoms with Crippen molar-refractivity contribution in [2.45, 2.75) is 20.1 Å². The molecule has 1 rings (SSSR count). The summed E-state index contributed by atoms with van der Waals surface area (Å²) in [6, 6.07) is 7.07. The lowest BCUT2D eigenvalue weighted by Crippen LogP contribution is -2.37. The summed E-state index contributed by atoms with van der Waals surface area (Å²) in [5.74, 6) is 1.79. The Kier molecular flexibility index (Phi) is 6.89. The fourth-order valence-electron chi connectivity index (χ4n) is 1.34. The van der Waals surface area contributed by atoms with Gasteiger partial charge in [-0.3, -0.25) is 5.32 Å². The van der Waals surface area contributed by atoms with E-state index in [9.17, 15) is 4.79 Å². The number of ether oxygens (including phenoxy) is 3. The van der Waals surface area contributed by atoms with Gasteiger partial charge in [-0.2, -0.15) is 0 Å². The molecule has 106 valence electrons. The Morgan fingerprint density at radius 2 is 1.95 bits per heavy atom. The van der Waals surface area contributed by atoms with Gasteiger partial charge < -0.3 is 14.2 Å². The van der Waals surface area contributed by atoms with Gasteiger partial charge in [0.1, 0.15) is 18.1 Å². The summed E-state index contributed by atoms with van der Waals surface area (Å²) in [7, 11) is 0. The third-order valence-electron chi connectivity index (χ3n) is 2.08. The summed E-state index contributed by atoms with van der Waals surface area (Å²) in [4.78, 5) is 11.2. The lowest BCUT2D eigenvalue weighted by molar-refractivity contribution is 0.120. The van der Waals surface area contributed by atoms with Gasteiger partial charge in [0.25, 0.3) is 0 Å². The van der Waals surface area contributed by atoms with Crippen molar-refractivity contribution in [2.24, 2.45) is 0 Å². The van der Waals surface area contributed by atoms with Gasteiger partial charge in [0, 0.05) is 0 Å². The van der Waals surface area contributed by atoms with Gasteiger partial charge in [-0.25, -0.2) is 4.79 Å². The predicted molar refractivity (Wildman–Crippen MR) is 72.9 cm³/mol. The van der Waals surface area contributed by atoms with E-state index >= 15 is 0 Å². The molecule has 19 heavy (non-hydrogen) atoms. The van der Waals surface area contributed by atoms with Gasteiger partial charge in [0.05, 0.1) is 12.5 Å². The molecule has 0 heterocycles. The van der Waals surface area contributed by atoms with Crippen LogP contribution in [0.1, 0.15) is 13.8 Å². The van der Waals surface area contributed by atoms with Crippen LogP contribution < -0.4 is 14.8 Å². The van der Waals surface area contributed by atoms with E-state index in [1.54, 1.807) is 38.1 Å². The Morgan fingerprint density at radius 1 is 1.32 bits per heavy atom. The van der Waals surface area contributed by atoms with E-state index in [1.165, 1.54) is 0 Å². The third kappa shape index (κ3) is 6.20. The molecule has 1 atom stereocenters. The van der Waals surface area contributed by atoms with Crippen molar-refractivity contribution in [2.75, 3.05) is 19.1 Å². The highest BCUT2D eigenvalue weighted by Gasteiger charge is 2.08. The van der Waals surface area contributed by atoms with Crippen LogP contribution in [0.4, 0.5) is 4.79 Å². The van der Waals surface area contributed by atoms with Crippen molar-refractivity contribution in [3.05, 3.63) is 24.3 Å². The number of alkyl carbamates (subject to hydrolysis) is 1. The summed E-state index contributed by atoms with van der Waals surface area (Å²) in [5, 5.41) is 2.55. The standard InChI is InChI=1S/C13H18ClNO4/c1-3-17-13(16)15-10(2)19-12-6-4-11(5-7-12)18-9-8-14/h4-7,10H,3,8-9H2,1-2H3,(H,15,16). The smallest absolute Gasteiger partial charge is 0.409 e. The number of hydrogen-bond acceptors (Lipinski definition) is 4. The van der Waals surface area contributed by atoms with Crippen molar-refractivity contribution in [3.8, 4) is 11.5 Å². The molecule has 6 heteroatoms. The lowest BCUT2D eigenvalue weighted by Gasteiger charge is -2.16. The van der Waals surface area contributed by atoms with Gasteiger partial charge in [-0.05, 0) is 38.1 Å². The summed E-state index contributed by atoms with van der Waals surface area (Å²) >= 11 is 5.52. The third-order valence-corrected chi connectivity index (χ3v) is 2.23. The number of amides is 1. The molecule has 0 saturated heterocycles. The van der Waals surface area contributed by atoms with Gasteiger partial charge in [-0.1, -0.05) is 0 Å². The molecule has 1 aromatic rings. The molecule has 1 amide bonds. The highest BCUT2D eigenvalue weighted by molar-refractivity contribution is 6.18. The number of halogens is 1. The first-order valence-electron chi connectivity index (χ1n) is 6.04. The summed E-state index contributed by atoms with van der Waals surface area (Å²) in [6.45, 7) is 4.24. The molecular formula is C13H18ClNO4. The van der Waals surface area contributed by atoms with Gasteiger partial charge in [-0.15, -0.1) is 11.6 Å². The molecule has 0 aliphatic carbocycles. The monoisotopic (exact) mass is 287 g/mol. The Labute approximate surface area is 117 Å². The maximum absolute atomic E-state index is 11.2. The van der Waals surface area contributed by atoms with Crippen LogP contribution in [-0.2, 0) is 4.74 Å². The quantitative estimate of drug-likeness (QED) is 0.619. The van der Waals surface area contributed by atoms with Crippen LogP contribution in [0.15, 0.2) is 24.3 Å². The Balaban J connectivity index is 2.41. The zero-order chi connectivity index (χ0) is 14.1. The van der Waals surface area contributed by atoms with Crippen molar-refractivity contribution in [1.29, 1.82) is 0 Å². The fraction of sp³-hybridized carbons (Fsp3) is 0.462. The SMILES string of the molecule is CCOC(=O)NC(C)Oc1ccc(OCCCl)cc1. The van der Waals surface area contributed by atoms with Crippen LogP contribution in [0, 0.1) is 0 Å².